The van der Waals surface area contributed by atoms with Gasteiger partial charge in [0.2, 0.25) is 5.91 Å². The molecule has 1 N–H and O–H groups in total. The first-order chi connectivity index (χ1) is 15.0. The first kappa shape index (κ1) is 20.6. The molecule has 4 rings (SSSR count). The molecule has 5 nitrogen and oxygen atoms in total. The average Bonchev–Trinajstić information content (AvgIpc) is 2.79. The van der Waals surface area contributed by atoms with Crippen molar-refractivity contribution >= 4 is 23.2 Å². The van der Waals surface area contributed by atoms with Crippen molar-refractivity contribution in [1.82, 2.24) is 0 Å². The van der Waals surface area contributed by atoms with Crippen molar-refractivity contribution in [3.8, 4) is 5.75 Å². The van der Waals surface area contributed by atoms with Gasteiger partial charge in [0.15, 0.2) is 0 Å². The summed E-state index contributed by atoms with van der Waals surface area (Å²) in [7, 11) is 1.43. The maximum absolute atomic E-state index is 14.0. The number of rotatable bonds is 4. The van der Waals surface area contributed by atoms with Gasteiger partial charge in [-0.25, -0.2) is 4.39 Å². The van der Waals surface area contributed by atoms with Crippen molar-refractivity contribution in [1.29, 1.82) is 0 Å². The van der Waals surface area contributed by atoms with Crippen molar-refractivity contribution in [3.05, 3.63) is 89.2 Å². The first-order valence-electron chi connectivity index (χ1n) is 10.1. The fraction of sp³-hybridized carbons (Fsp3) is 0.200. The number of amides is 2. The number of carbonyl (C=O) groups is 2. The summed E-state index contributed by atoms with van der Waals surface area (Å²) in [6.07, 6.45) is 1.12. The molecule has 1 aliphatic rings. The average molecular weight is 418 g/mol. The number of anilines is 2. The Morgan fingerprint density at radius 1 is 1.06 bits per heavy atom. The van der Waals surface area contributed by atoms with E-state index in [1.807, 2.05) is 55.5 Å². The summed E-state index contributed by atoms with van der Waals surface area (Å²) in [6, 6.07) is 18.0. The molecule has 0 spiro atoms. The molecule has 3 aromatic rings. The molecule has 0 aromatic heterocycles. The van der Waals surface area contributed by atoms with Crippen molar-refractivity contribution in [3.63, 3.8) is 0 Å². The zero-order valence-electron chi connectivity index (χ0n) is 17.4. The van der Waals surface area contributed by atoms with E-state index in [-0.39, 0.29) is 17.2 Å². The van der Waals surface area contributed by atoms with E-state index in [0.29, 0.717) is 24.2 Å². The Labute approximate surface area is 180 Å². The van der Waals surface area contributed by atoms with Crippen molar-refractivity contribution < 1.29 is 18.7 Å². The molecule has 3 aromatic carbocycles. The Balaban J connectivity index is 1.73. The largest absolute Gasteiger partial charge is 0.496 e. The third-order valence-corrected chi connectivity index (χ3v) is 5.48. The monoisotopic (exact) mass is 418 g/mol. The van der Waals surface area contributed by atoms with Crippen molar-refractivity contribution in [2.24, 2.45) is 0 Å². The number of carbonyl (C=O) groups excluding carboxylic acids is 2. The molecule has 0 bridgehead atoms. The van der Waals surface area contributed by atoms with Gasteiger partial charge in [0.1, 0.15) is 17.6 Å². The predicted molar refractivity (Wildman–Crippen MR) is 118 cm³/mol. The molecule has 1 unspecified atom stereocenters. The van der Waals surface area contributed by atoms with Crippen LogP contribution >= 0.6 is 0 Å². The summed E-state index contributed by atoms with van der Waals surface area (Å²) in [5, 5.41) is 2.91. The molecule has 0 saturated carbocycles. The minimum atomic E-state index is -0.739. The Kier molecular flexibility index (Phi) is 5.71. The lowest BCUT2D eigenvalue weighted by Gasteiger charge is -2.36. The Morgan fingerprint density at radius 3 is 2.55 bits per heavy atom. The minimum absolute atomic E-state index is 0.0762. The number of hydrogen-bond donors (Lipinski definition) is 1. The highest BCUT2D eigenvalue weighted by atomic mass is 19.1. The van der Waals surface area contributed by atoms with Crippen LogP contribution in [0.2, 0.25) is 0 Å². The quantitative estimate of drug-likeness (QED) is 0.666. The van der Waals surface area contributed by atoms with Gasteiger partial charge in [0.25, 0.3) is 5.91 Å². The molecule has 6 heteroatoms. The van der Waals surface area contributed by atoms with E-state index in [4.69, 9.17) is 4.74 Å². The number of halogens is 1. The van der Waals surface area contributed by atoms with Crippen LogP contribution in [0.1, 0.15) is 27.9 Å². The summed E-state index contributed by atoms with van der Waals surface area (Å²) in [6.45, 7) is 1.97. The number of aryl methyl sites for hydroxylation is 2. The summed E-state index contributed by atoms with van der Waals surface area (Å²) in [5.41, 5.74) is 3.43. The van der Waals surface area contributed by atoms with Crippen LogP contribution in [-0.4, -0.2) is 25.0 Å². The standard InChI is InChI=1S/C25H23FN2O3/c1-16-7-11-19(12-8-16)27-24(29)22-13-9-17-5-3-4-6-21(17)28(22)25(30)20-15-18(26)10-14-23(20)31-2/h3-8,10-12,14-15,22H,9,13H2,1-2H3,(H,27,29). The zero-order chi connectivity index (χ0) is 22.0. The summed E-state index contributed by atoms with van der Waals surface area (Å²) >= 11 is 0. The highest BCUT2D eigenvalue weighted by Crippen LogP contribution is 2.34. The molecule has 0 saturated heterocycles. The molecule has 0 aliphatic carbocycles. The number of hydrogen-bond acceptors (Lipinski definition) is 3. The van der Waals surface area contributed by atoms with Crippen LogP contribution < -0.4 is 15.0 Å². The van der Waals surface area contributed by atoms with Crippen molar-refractivity contribution in [2.45, 2.75) is 25.8 Å². The van der Waals surface area contributed by atoms with E-state index in [1.165, 1.54) is 24.1 Å². The van der Waals surface area contributed by atoms with E-state index >= 15 is 0 Å². The molecule has 1 heterocycles. The van der Waals surface area contributed by atoms with Crippen LogP contribution in [0.25, 0.3) is 0 Å². The highest BCUT2D eigenvalue weighted by molar-refractivity contribution is 6.13. The number of para-hydroxylation sites is 1. The van der Waals surface area contributed by atoms with Crippen LogP contribution in [-0.2, 0) is 11.2 Å². The Morgan fingerprint density at radius 2 is 1.81 bits per heavy atom. The smallest absolute Gasteiger partial charge is 0.262 e. The fourth-order valence-electron chi connectivity index (χ4n) is 3.89. The van der Waals surface area contributed by atoms with E-state index in [2.05, 4.69) is 5.32 Å². The summed E-state index contributed by atoms with van der Waals surface area (Å²) < 4.78 is 19.3. The van der Waals surface area contributed by atoms with Gasteiger partial charge in [-0.3, -0.25) is 14.5 Å². The van der Waals surface area contributed by atoms with Gasteiger partial charge in [-0.15, -0.1) is 0 Å². The molecule has 1 atom stereocenters. The number of ether oxygens (including phenoxy) is 1. The van der Waals surface area contributed by atoms with Crippen LogP contribution in [0.15, 0.2) is 66.7 Å². The predicted octanol–water partition coefficient (Wildman–Crippen LogP) is 4.74. The maximum atomic E-state index is 14.0. The highest BCUT2D eigenvalue weighted by Gasteiger charge is 2.37. The molecule has 0 radical (unpaired) electrons. The third kappa shape index (κ3) is 4.14. The maximum Gasteiger partial charge on any atom is 0.262 e. The topological polar surface area (TPSA) is 58.6 Å². The zero-order valence-corrected chi connectivity index (χ0v) is 17.4. The van der Waals surface area contributed by atoms with Gasteiger partial charge in [-0.1, -0.05) is 35.9 Å². The van der Waals surface area contributed by atoms with Gasteiger partial charge in [0, 0.05) is 11.4 Å². The van der Waals surface area contributed by atoms with Crippen LogP contribution in [0, 0.1) is 12.7 Å². The van der Waals surface area contributed by atoms with E-state index < -0.39 is 17.8 Å². The molecule has 1 aliphatic heterocycles. The van der Waals surface area contributed by atoms with Crippen LogP contribution in [0.4, 0.5) is 15.8 Å². The summed E-state index contributed by atoms with van der Waals surface area (Å²) in [4.78, 5) is 28.3. The van der Waals surface area contributed by atoms with Gasteiger partial charge >= 0.3 is 0 Å². The second kappa shape index (κ2) is 8.60. The van der Waals surface area contributed by atoms with Gasteiger partial charge in [-0.05, 0) is 61.7 Å². The van der Waals surface area contributed by atoms with E-state index in [1.54, 1.807) is 0 Å². The normalized spacial score (nSPS) is 15.2. The first-order valence-corrected chi connectivity index (χ1v) is 10.1. The van der Waals surface area contributed by atoms with Crippen LogP contribution in [0.3, 0.4) is 0 Å². The molecule has 2 amide bonds. The van der Waals surface area contributed by atoms with Gasteiger partial charge in [0.05, 0.1) is 12.7 Å². The molecular weight excluding hydrogens is 395 g/mol. The Hall–Kier alpha value is -3.67. The van der Waals surface area contributed by atoms with Gasteiger partial charge < -0.3 is 10.1 Å². The fourth-order valence-corrected chi connectivity index (χ4v) is 3.89. The molecular formula is C25H23FN2O3. The molecule has 158 valence electrons. The van der Waals surface area contributed by atoms with Crippen LogP contribution in [0.5, 0.6) is 5.75 Å². The third-order valence-electron chi connectivity index (χ3n) is 5.48. The lowest BCUT2D eigenvalue weighted by molar-refractivity contribution is -0.117. The second-order valence-corrected chi connectivity index (χ2v) is 7.56. The molecule has 31 heavy (non-hydrogen) atoms. The SMILES string of the molecule is COc1ccc(F)cc1C(=O)N1c2ccccc2CCC1C(=O)Nc1ccc(C)cc1. The number of nitrogens with zero attached hydrogens (tertiary/aromatic N) is 1. The van der Waals surface area contributed by atoms with E-state index in [9.17, 15) is 14.0 Å². The molecule has 0 fully saturated rings. The number of methoxy groups -OCH3 is 1. The van der Waals surface area contributed by atoms with E-state index in [0.717, 1.165) is 17.2 Å². The Bertz CT molecular complexity index is 1130. The minimum Gasteiger partial charge on any atom is -0.496 e. The lowest BCUT2D eigenvalue weighted by Crippen LogP contribution is -2.50. The number of fused-ring (bicyclic) bond motifs is 1. The number of benzene rings is 3. The summed E-state index contributed by atoms with van der Waals surface area (Å²) in [5.74, 6) is -1.06. The number of nitrogens with one attached hydrogen (secondary N) is 1. The van der Waals surface area contributed by atoms with Gasteiger partial charge in [-0.2, -0.15) is 0 Å². The lowest BCUT2D eigenvalue weighted by atomic mass is 9.94. The second-order valence-electron chi connectivity index (χ2n) is 7.56. The van der Waals surface area contributed by atoms with Crippen molar-refractivity contribution in [2.75, 3.05) is 17.3 Å².